The van der Waals surface area contributed by atoms with E-state index in [1.807, 2.05) is 24.3 Å². The van der Waals surface area contributed by atoms with Gasteiger partial charge in [-0.25, -0.2) is 9.97 Å². The molecule has 0 saturated heterocycles. The van der Waals surface area contributed by atoms with Gasteiger partial charge in [0.2, 0.25) is 5.89 Å². The second-order valence-electron chi connectivity index (χ2n) is 6.25. The van der Waals surface area contributed by atoms with Gasteiger partial charge in [0.05, 0.1) is 12.3 Å². The third kappa shape index (κ3) is 4.08. The number of fused-ring (bicyclic) bond motifs is 6. The zero-order valence-electron chi connectivity index (χ0n) is 14.8. The van der Waals surface area contributed by atoms with Gasteiger partial charge >= 0.3 is 0 Å². The second-order valence-corrected chi connectivity index (χ2v) is 6.25. The Balaban J connectivity index is 1.64. The van der Waals surface area contributed by atoms with Crippen LogP contribution in [0.2, 0.25) is 0 Å². The summed E-state index contributed by atoms with van der Waals surface area (Å²) in [6.07, 6.45) is 6.02. The van der Waals surface area contributed by atoms with Crippen molar-refractivity contribution in [3.8, 4) is 17.2 Å². The quantitative estimate of drug-likeness (QED) is 0.627. The maximum atomic E-state index is 12.6. The summed E-state index contributed by atoms with van der Waals surface area (Å²) in [6.45, 7) is 1.42. The molecule has 0 unspecified atom stereocenters. The highest BCUT2D eigenvalue weighted by atomic mass is 16.5. The van der Waals surface area contributed by atoms with Gasteiger partial charge in [-0.15, -0.1) is 0 Å². The van der Waals surface area contributed by atoms with Crippen molar-refractivity contribution in [1.82, 2.24) is 9.97 Å². The van der Waals surface area contributed by atoms with E-state index in [0.717, 1.165) is 37.2 Å². The number of hydrogen-bond donors (Lipinski definition) is 2. The lowest BCUT2D eigenvalue weighted by molar-refractivity contribution is 0.102. The molecule has 1 aliphatic rings. The summed E-state index contributed by atoms with van der Waals surface area (Å²) in [5.41, 5.74) is 1.58. The number of rotatable bonds is 0. The van der Waals surface area contributed by atoms with Crippen molar-refractivity contribution in [3.63, 3.8) is 0 Å². The van der Waals surface area contributed by atoms with E-state index < -0.39 is 0 Å². The van der Waals surface area contributed by atoms with E-state index in [4.69, 9.17) is 9.15 Å². The summed E-state index contributed by atoms with van der Waals surface area (Å²) in [4.78, 5) is 21.2. The molecular formula is C20H20N4O3. The molecule has 0 spiro atoms. The highest BCUT2D eigenvalue weighted by molar-refractivity contribution is 6.03. The summed E-state index contributed by atoms with van der Waals surface area (Å²) in [5.74, 6) is 1.43. The van der Waals surface area contributed by atoms with Crippen LogP contribution >= 0.6 is 0 Å². The number of aromatic nitrogens is 2. The molecule has 1 aliphatic heterocycles. The van der Waals surface area contributed by atoms with Crippen LogP contribution in [0.3, 0.4) is 0 Å². The van der Waals surface area contributed by atoms with Gasteiger partial charge in [-0.3, -0.25) is 4.79 Å². The molecule has 0 radical (unpaired) electrons. The summed E-state index contributed by atoms with van der Waals surface area (Å²) in [5, 5.41) is 6.15. The Labute approximate surface area is 156 Å². The Morgan fingerprint density at radius 2 is 2.00 bits per heavy atom. The lowest BCUT2D eigenvalue weighted by Crippen LogP contribution is -2.13. The predicted octanol–water partition coefficient (Wildman–Crippen LogP) is 3.96. The fraction of sp³-hybridized carbons (Fsp3) is 0.250. The van der Waals surface area contributed by atoms with Gasteiger partial charge in [-0.2, -0.15) is 0 Å². The molecule has 0 fully saturated rings. The van der Waals surface area contributed by atoms with Crippen LogP contribution in [0, 0.1) is 0 Å². The monoisotopic (exact) mass is 364 g/mol. The smallest absolute Gasteiger partial charge is 0.277 e. The van der Waals surface area contributed by atoms with E-state index in [1.165, 1.54) is 6.26 Å². The molecule has 3 aromatic rings. The number of pyridine rings is 1. The first-order valence-electron chi connectivity index (χ1n) is 8.98. The van der Waals surface area contributed by atoms with Crippen molar-refractivity contribution in [2.45, 2.75) is 19.3 Å². The van der Waals surface area contributed by atoms with Gasteiger partial charge in [0.1, 0.15) is 17.8 Å². The van der Waals surface area contributed by atoms with Gasteiger partial charge in [-0.05, 0) is 43.5 Å². The number of para-hydroxylation sites is 2. The number of oxazole rings is 1. The third-order valence-corrected chi connectivity index (χ3v) is 4.26. The van der Waals surface area contributed by atoms with Gasteiger partial charge < -0.3 is 19.8 Å². The maximum Gasteiger partial charge on any atom is 0.277 e. The molecule has 2 N–H and O–H groups in total. The lowest BCUT2D eigenvalue weighted by atomic mass is 10.2. The van der Waals surface area contributed by atoms with E-state index in [-0.39, 0.29) is 11.6 Å². The molecule has 4 rings (SSSR count). The van der Waals surface area contributed by atoms with Crippen molar-refractivity contribution in [2.24, 2.45) is 0 Å². The van der Waals surface area contributed by atoms with Crippen LogP contribution in [0.4, 0.5) is 11.5 Å². The number of ether oxygens (including phenoxy) is 1. The van der Waals surface area contributed by atoms with Gasteiger partial charge in [0.15, 0.2) is 5.69 Å². The molecule has 27 heavy (non-hydrogen) atoms. The van der Waals surface area contributed by atoms with Crippen LogP contribution in [0.1, 0.15) is 29.8 Å². The molecule has 3 heterocycles. The van der Waals surface area contributed by atoms with Crippen LogP contribution in [-0.2, 0) is 0 Å². The second kappa shape index (κ2) is 7.90. The van der Waals surface area contributed by atoms with Crippen LogP contribution in [0.15, 0.2) is 53.3 Å². The SMILES string of the molecule is O=C1Nc2ccccc2OCCCCCNc2cc(ccn2)-c2nc1co2. The van der Waals surface area contributed by atoms with Gasteiger partial charge in [-0.1, -0.05) is 12.1 Å². The van der Waals surface area contributed by atoms with Crippen LogP contribution in [0.25, 0.3) is 11.5 Å². The molecule has 4 bridgehead atoms. The molecule has 138 valence electrons. The fourth-order valence-corrected chi connectivity index (χ4v) is 2.86. The number of anilines is 2. The minimum absolute atomic E-state index is 0.204. The Hall–Kier alpha value is -3.35. The molecule has 7 nitrogen and oxygen atoms in total. The van der Waals surface area contributed by atoms with E-state index in [1.54, 1.807) is 18.3 Å². The largest absolute Gasteiger partial charge is 0.491 e. The maximum absolute atomic E-state index is 12.6. The lowest BCUT2D eigenvalue weighted by Gasteiger charge is -2.12. The molecule has 0 aliphatic carbocycles. The molecular weight excluding hydrogens is 344 g/mol. The number of amides is 1. The predicted molar refractivity (Wildman–Crippen MR) is 102 cm³/mol. The van der Waals surface area contributed by atoms with Crippen LogP contribution < -0.4 is 15.4 Å². The number of benzene rings is 1. The zero-order chi connectivity index (χ0) is 18.5. The van der Waals surface area contributed by atoms with Crippen LogP contribution in [-0.4, -0.2) is 29.0 Å². The zero-order valence-corrected chi connectivity index (χ0v) is 14.8. The average molecular weight is 364 g/mol. The van der Waals surface area contributed by atoms with Crippen molar-refractivity contribution < 1.29 is 13.9 Å². The van der Waals surface area contributed by atoms with Crippen molar-refractivity contribution in [2.75, 3.05) is 23.8 Å². The minimum atomic E-state index is -0.349. The number of nitrogens with zero attached hydrogens (tertiary/aromatic N) is 2. The van der Waals surface area contributed by atoms with E-state index in [2.05, 4.69) is 20.6 Å². The Bertz CT molecular complexity index is 938. The molecule has 0 atom stereocenters. The molecule has 0 saturated carbocycles. The molecule has 1 aromatic carbocycles. The van der Waals surface area contributed by atoms with E-state index in [9.17, 15) is 4.79 Å². The van der Waals surface area contributed by atoms with E-state index >= 15 is 0 Å². The number of carbonyl (C=O) groups is 1. The highest BCUT2D eigenvalue weighted by Crippen LogP contribution is 2.26. The van der Waals surface area contributed by atoms with Gasteiger partial charge in [0, 0.05) is 18.3 Å². The van der Waals surface area contributed by atoms with E-state index in [0.29, 0.717) is 23.9 Å². The first kappa shape index (κ1) is 17.1. The fourth-order valence-electron chi connectivity index (χ4n) is 2.86. The Morgan fingerprint density at radius 3 is 2.96 bits per heavy atom. The molecule has 1 amide bonds. The summed E-state index contributed by atoms with van der Waals surface area (Å²) < 4.78 is 11.3. The van der Waals surface area contributed by atoms with Gasteiger partial charge in [0.25, 0.3) is 5.91 Å². The first-order valence-corrected chi connectivity index (χ1v) is 8.98. The Kier molecular flexibility index (Phi) is 5.00. The normalized spacial score (nSPS) is 14.9. The van der Waals surface area contributed by atoms with Crippen molar-refractivity contribution in [3.05, 3.63) is 54.6 Å². The third-order valence-electron chi connectivity index (χ3n) is 4.26. The minimum Gasteiger partial charge on any atom is -0.491 e. The molecule has 2 aromatic heterocycles. The Morgan fingerprint density at radius 1 is 1.07 bits per heavy atom. The molecule has 7 heteroatoms. The van der Waals surface area contributed by atoms with Crippen molar-refractivity contribution in [1.29, 1.82) is 0 Å². The first-order chi connectivity index (χ1) is 13.3. The number of hydrogen-bond acceptors (Lipinski definition) is 6. The number of nitrogens with one attached hydrogen (secondary N) is 2. The van der Waals surface area contributed by atoms with Crippen molar-refractivity contribution >= 4 is 17.4 Å². The summed E-state index contributed by atoms with van der Waals surface area (Å²) in [7, 11) is 0. The summed E-state index contributed by atoms with van der Waals surface area (Å²) in [6, 6.07) is 11.0. The topological polar surface area (TPSA) is 89.3 Å². The number of carbonyl (C=O) groups excluding carboxylic acids is 1. The standard InChI is InChI=1S/C20H20N4O3/c25-19-16-13-27-20(24-16)14-8-10-22-18(12-14)21-9-4-1-5-11-26-17-7-3-2-6-15(17)23-19/h2-3,6-8,10,12-13H,1,4-5,9,11H2,(H,21,22)(H,23,25). The van der Waals surface area contributed by atoms with Crippen LogP contribution in [0.5, 0.6) is 5.75 Å². The highest BCUT2D eigenvalue weighted by Gasteiger charge is 2.16. The summed E-state index contributed by atoms with van der Waals surface area (Å²) >= 11 is 0. The average Bonchev–Trinajstić information content (AvgIpc) is 3.18.